The molecule has 0 bridgehead atoms. The van der Waals surface area contributed by atoms with Crippen LogP contribution in [-0.2, 0) is 6.42 Å². The highest BCUT2D eigenvalue weighted by Gasteiger charge is 2.44. The van der Waals surface area contributed by atoms with Gasteiger partial charge in [0.15, 0.2) is 0 Å². The Labute approximate surface area is 168 Å². The Bertz CT molecular complexity index is 988. The minimum Gasteiger partial charge on any atom is -0.396 e. The van der Waals surface area contributed by atoms with Crippen LogP contribution in [0.3, 0.4) is 0 Å². The number of fused-ring (bicyclic) bond motifs is 1. The van der Waals surface area contributed by atoms with Crippen molar-refractivity contribution in [2.45, 2.75) is 18.9 Å². The summed E-state index contributed by atoms with van der Waals surface area (Å²) in [5, 5.41) is 22.3. The standard InChI is InChI=1S/C22H23ClN2O3/c23-17-7-4-8-18-16(17)11-19(24-18)21(28)25-10-9-20(27)22(13-25,14-26)12-15-5-2-1-3-6-15/h1-8,11,20,24,26-27H,9-10,12-14H2/t20-,22+/m1/s1. The third-order valence-corrected chi connectivity index (χ3v) is 6.06. The number of hydrogen-bond donors (Lipinski definition) is 3. The smallest absolute Gasteiger partial charge is 0.270 e. The Morgan fingerprint density at radius 1 is 1.21 bits per heavy atom. The van der Waals surface area contributed by atoms with Crippen molar-refractivity contribution in [2.24, 2.45) is 5.41 Å². The number of piperidine rings is 1. The first-order chi connectivity index (χ1) is 13.5. The van der Waals surface area contributed by atoms with Crippen molar-refractivity contribution in [1.29, 1.82) is 0 Å². The highest BCUT2D eigenvalue weighted by Crippen LogP contribution is 2.35. The number of amides is 1. The summed E-state index contributed by atoms with van der Waals surface area (Å²) >= 11 is 6.23. The largest absolute Gasteiger partial charge is 0.396 e. The maximum atomic E-state index is 13.1. The number of benzene rings is 2. The summed E-state index contributed by atoms with van der Waals surface area (Å²) in [6.45, 7) is 0.548. The lowest BCUT2D eigenvalue weighted by molar-refractivity contribution is -0.0669. The average molecular weight is 399 g/mol. The molecule has 0 spiro atoms. The molecule has 1 amide bonds. The van der Waals surface area contributed by atoms with Crippen molar-refractivity contribution in [2.75, 3.05) is 19.7 Å². The minimum atomic E-state index is -0.779. The molecule has 0 unspecified atom stereocenters. The van der Waals surface area contributed by atoms with Crippen LogP contribution >= 0.6 is 11.6 Å². The summed E-state index contributed by atoms with van der Waals surface area (Å²) in [6, 6.07) is 17.0. The third kappa shape index (κ3) is 3.41. The zero-order valence-corrected chi connectivity index (χ0v) is 16.2. The van der Waals surface area contributed by atoms with Crippen molar-refractivity contribution in [3.63, 3.8) is 0 Å². The van der Waals surface area contributed by atoms with E-state index in [1.54, 1.807) is 17.0 Å². The number of likely N-dealkylation sites (tertiary alicyclic amines) is 1. The van der Waals surface area contributed by atoms with Gasteiger partial charge in [-0.25, -0.2) is 0 Å². The Morgan fingerprint density at radius 3 is 2.71 bits per heavy atom. The number of H-pyrrole nitrogens is 1. The second kappa shape index (κ2) is 7.59. The van der Waals surface area contributed by atoms with E-state index in [0.717, 1.165) is 16.5 Å². The number of nitrogens with zero attached hydrogens (tertiary/aromatic N) is 1. The van der Waals surface area contributed by atoms with Crippen LogP contribution in [0.25, 0.3) is 10.9 Å². The summed E-state index contributed by atoms with van der Waals surface area (Å²) in [5.74, 6) is -0.148. The maximum Gasteiger partial charge on any atom is 0.270 e. The maximum absolute atomic E-state index is 13.1. The van der Waals surface area contributed by atoms with Gasteiger partial charge in [0.1, 0.15) is 5.69 Å². The van der Waals surface area contributed by atoms with E-state index >= 15 is 0 Å². The molecule has 0 aliphatic carbocycles. The van der Waals surface area contributed by atoms with Crippen LogP contribution in [0.2, 0.25) is 5.02 Å². The van der Waals surface area contributed by atoms with Crippen molar-refractivity contribution < 1.29 is 15.0 Å². The molecule has 3 aromatic rings. The van der Waals surface area contributed by atoms with Crippen LogP contribution in [0, 0.1) is 5.41 Å². The average Bonchev–Trinajstić information content (AvgIpc) is 3.16. The van der Waals surface area contributed by atoms with E-state index in [0.29, 0.717) is 36.6 Å². The Morgan fingerprint density at radius 2 is 2.00 bits per heavy atom. The first-order valence-electron chi connectivity index (χ1n) is 9.42. The lowest BCUT2D eigenvalue weighted by Gasteiger charge is -2.45. The highest BCUT2D eigenvalue weighted by atomic mass is 35.5. The number of halogens is 1. The monoisotopic (exact) mass is 398 g/mol. The Hall–Kier alpha value is -2.34. The van der Waals surface area contributed by atoms with E-state index < -0.39 is 11.5 Å². The van der Waals surface area contributed by atoms with Gasteiger partial charge in [0, 0.05) is 34.4 Å². The van der Waals surface area contributed by atoms with Crippen LogP contribution < -0.4 is 0 Å². The molecule has 1 fully saturated rings. The van der Waals surface area contributed by atoms with E-state index in [-0.39, 0.29) is 12.5 Å². The number of hydrogen-bond acceptors (Lipinski definition) is 3. The fourth-order valence-electron chi connectivity index (χ4n) is 4.11. The highest BCUT2D eigenvalue weighted by molar-refractivity contribution is 6.35. The van der Waals surface area contributed by atoms with Crippen molar-refractivity contribution in [3.05, 3.63) is 70.9 Å². The zero-order valence-electron chi connectivity index (χ0n) is 15.4. The van der Waals surface area contributed by atoms with Gasteiger partial charge in [-0.3, -0.25) is 4.79 Å². The molecule has 5 nitrogen and oxygen atoms in total. The molecule has 1 aliphatic rings. The second-order valence-electron chi connectivity index (χ2n) is 7.60. The number of aromatic amines is 1. The molecule has 6 heteroatoms. The van der Waals surface area contributed by atoms with E-state index in [4.69, 9.17) is 11.6 Å². The number of carbonyl (C=O) groups is 1. The normalized spacial score (nSPS) is 22.5. The van der Waals surface area contributed by atoms with Gasteiger partial charge in [-0.2, -0.15) is 0 Å². The molecule has 4 rings (SSSR count). The number of rotatable bonds is 4. The quantitative estimate of drug-likeness (QED) is 0.631. The summed E-state index contributed by atoms with van der Waals surface area (Å²) in [5.41, 5.74) is 1.53. The molecular weight excluding hydrogens is 376 g/mol. The first kappa shape index (κ1) is 19.0. The fourth-order valence-corrected chi connectivity index (χ4v) is 4.34. The van der Waals surface area contributed by atoms with E-state index in [1.165, 1.54) is 0 Å². The van der Waals surface area contributed by atoms with Crippen molar-refractivity contribution in [3.8, 4) is 0 Å². The molecule has 28 heavy (non-hydrogen) atoms. The summed E-state index contributed by atoms with van der Waals surface area (Å²) in [6.07, 6.45) is 0.271. The number of aliphatic hydroxyl groups is 2. The molecular formula is C22H23ClN2O3. The number of carbonyl (C=O) groups excluding carboxylic acids is 1. The van der Waals surface area contributed by atoms with E-state index in [9.17, 15) is 15.0 Å². The van der Waals surface area contributed by atoms with Crippen molar-refractivity contribution >= 4 is 28.4 Å². The molecule has 2 aromatic carbocycles. The van der Waals surface area contributed by atoms with Crippen LogP contribution in [0.1, 0.15) is 22.5 Å². The van der Waals surface area contributed by atoms with Crippen LogP contribution in [0.5, 0.6) is 0 Å². The summed E-state index contributed by atoms with van der Waals surface area (Å²) in [7, 11) is 0. The number of nitrogens with one attached hydrogen (secondary N) is 1. The molecule has 1 aliphatic heterocycles. The van der Waals surface area contributed by atoms with Gasteiger partial charge in [0.2, 0.25) is 0 Å². The van der Waals surface area contributed by atoms with Gasteiger partial charge in [-0.15, -0.1) is 0 Å². The molecule has 0 saturated carbocycles. The number of aliphatic hydroxyl groups excluding tert-OH is 2. The molecule has 2 atom stereocenters. The van der Waals surface area contributed by atoms with Crippen LogP contribution in [0.15, 0.2) is 54.6 Å². The number of aromatic nitrogens is 1. The summed E-state index contributed by atoms with van der Waals surface area (Å²) in [4.78, 5) is 18.0. The SMILES string of the molecule is O=C(c1cc2c(Cl)cccc2[nH]1)N1CC[C@@H](O)[C@@](CO)(Cc2ccccc2)C1. The van der Waals surface area contributed by atoms with Gasteiger partial charge >= 0.3 is 0 Å². The zero-order chi connectivity index (χ0) is 19.7. The first-order valence-corrected chi connectivity index (χ1v) is 9.79. The minimum absolute atomic E-state index is 0.148. The lowest BCUT2D eigenvalue weighted by Crippen LogP contribution is -2.56. The van der Waals surface area contributed by atoms with Gasteiger partial charge in [0.25, 0.3) is 5.91 Å². The van der Waals surface area contributed by atoms with Gasteiger partial charge in [-0.1, -0.05) is 48.0 Å². The molecule has 0 radical (unpaired) electrons. The van der Waals surface area contributed by atoms with Crippen LogP contribution in [-0.4, -0.2) is 51.8 Å². The van der Waals surface area contributed by atoms with E-state index in [1.807, 2.05) is 42.5 Å². The predicted molar refractivity (Wildman–Crippen MR) is 110 cm³/mol. The Kier molecular flexibility index (Phi) is 5.15. The molecule has 146 valence electrons. The second-order valence-corrected chi connectivity index (χ2v) is 8.01. The van der Waals surface area contributed by atoms with Gasteiger partial charge in [0.05, 0.1) is 12.7 Å². The molecule has 1 aromatic heterocycles. The van der Waals surface area contributed by atoms with Gasteiger partial charge in [-0.05, 0) is 36.6 Å². The molecule has 1 saturated heterocycles. The Balaban J connectivity index is 1.60. The lowest BCUT2D eigenvalue weighted by atomic mass is 9.73. The molecule has 2 heterocycles. The predicted octanol–water partition coefficient (Wildman–Crippen LogP) is 3.25. The van der Waals surface area contributed by atoms with E-state index in [2.05, 4.69) is 4.98 Å². The van der Waals surface area contributed by atoms with Gasteiger partial charge < -0.3 is 20.1 Å². The topological polar surface area (TPSA) is 76.6 Å². The van der Waals surface area contributed by atoms with Crippen molar-refractivity contribution in [1.82, 2.24) is 9.88 Å². The fraction of sp³-hybridized carbons (Fsp3) is 0.318. The third-order valence-electron chi connectivity index (χ3n) is 5.73. The summed E-state index contributed by atoms with van der Waals surface area (Å²) < 4.78 is 0. The molecule has 3 N–H and O–H groups in total. The van der Waals surface area contributed by atoms with Crippen LogP contribution in [0.4, 0.5) is 0 Å².